The van der Waals surface area contributed by atoms with Crippen molar-refractivity contribution in [3.63, 3.8) is 0 Å². The van der Waals surface area contributed by atoms with Gasteiger partial charge in [0.2, 0.25) is 0 Å². The number of pyridine rings is 1. The first-order chi connectivity index (χ1) is 11.7. The van der Waals surface area contributed by atoms with Crippen molar-refractivity contribution in [1.82, 2.24) is 10.3 Å². The van der Waals surface area contributed by atoms with Crippen LogP contribution in [0, 0.1) is 10.1 Å². The number of nitro benzene ring substituents is 1. The molecule has 1 atom stereocenters. The van der Waals surface area contributed by atoms with E-state index in [4.69, 9.17) is 0 Å². The largest absolute Gasteiger partial charge is 0.371 e. The van der Waals surface area contributed by atoms with Gasteiger partial charge < -0.3 is 10.6 Å². The van der Waals surface area contributed by atoms with E-state index in [0.29, 0.717) is 5.69 Å². The molecule has 0 spiro atoms. The highest BCUT2D eigenvalue weighted by Crippen LogP contribution is 2.29. The molecule has 0 radical (unpaired) electrons. The van der Waals surface area contributed by atoms with Crippen molar-refractivity contribution >= 4 is 17.3 Å². The molecule has 132 valence electrons. The van der Waals surface area contributed by atoms with Crippen molar-refractivity contribution in [2.24, 2.45) is 0 Å². The predicted molar refractivity (Wildman–Crippen MR) is 96.6 cm³/mol. The van der Waals surface area contributed by atoms with Crippen LogP contribution in [0.5, 0.6) is 0 Å². The van der Waals surface area contributed by atoms with Gasteiger partial charge in [-0.15, -0.1) is 0 Å². The third-order valence-electron chi connectivity index (χ3n) is 3.45. The first-order valence-corrected chi connectivity index (χ1v) is 7.96. The van der Waals surface area contributed by atoms with E-state index in [1.165, 1.54) is 6.07 Å². The average Bonchev–Trinajstić information content (AvgIpc) is 2.54. The molecular weight excluding hydrogens is 320 g/mol. The van der Waals surface area contributed by atoms with E-state index in [0.717, 1.165) is 5.69 Å². The molecule has 1 heterocycles. The summed E-state index contributed by atoms with van der Waals surface area (Å²) in [7, 11) is 0. The second-order valence-corrected chi connectivity index (χ2v) is 6.81. The normalized spacial score (nSPS) is 12.3. The number of hydrogen-bond acceptors (Lipinski definition) is 5. The number of anilines is 1. The lowest BCUT2D eigenvalue weighted by atomic mass is 10.1. The SMILES string of the molecule is CC(Nc1ccc(C(=O)NC(C)(C)C)cc1[N+](=O)[O-])c1ccccn1. The molecule has 0 saturated heterocycles. The minimum Gasteiger partial charge on any atom is -0.371 e. The molecule has 2 rings (SSSR count). The van der Waals surface area contributed by atoms with Gasteiger partial charge in [-0.25, -0.2) is 0 Å². The van der Waals surface area contributed by atoms with E-state index < -0.39 is 10.5 Å². The Balaban J connectivity index is 2.27. The molecule has 0 aliphatic carbocycles. The van der Waals surface area contributed by atoms with E-state index in [-0.39, 0.29) is 23.2 Å². The van der Waals surface area contributed by atoms with Crippen LogP contribution < -0.4 is 10.6 Å². The van der Waals surface area contributed by atoms with E-state index in [1.807, 2.05) is 39.8 Å². The van der Waals surface area contributed by atoms with Crippen LogP contribution in [0.15, 0.2) is 42.6 Å². The second-order valence-electron chi connectivity index (χ2n) is 6.81. The fraction of sp³-hybridized carbons (Fsp3) is 0.333. The molecule has 1 amide bonds. The fourth-order valence-corrected chi connectivity index (χ4v) is 2.30. The minimum absolute atomic E-state index is 0.149. The van der Waals surface area contributed by atoms with Crippen molar-refractivity contribution in [2.75, 3.05) is 5.32 Å². The van der Waals surface area contributed by atoms with Crippen molar-refractivity contribution in [2.45, 2.75) is 39.3 Å². The van der Waals surface area contributed by atoms with Crippen molar-refractivity contribution < 1.29 is 9.72 Å². The van der Waals surface area contributed by atoms with E-state index in [1.54, 1.807) is 24.4 Å². The average molecular weight is 342 g/mol. The highest BCUT2D eigenvalue weighted by atomic mass is 16.6. The summed E-state index contributed by atoms with van der Waals surface area (Å²) < 4.78 is 0. The van der Waals surface area contributed by atoms with Gasteiger partial charge in [0.1, 0.15) is 5.69 Å². The number of benzene rings is 1. The number of aromatic nitrogens is 1. The third-order valence-corrected chi connectivity index (χ3v) is 3.45. The number of nitrogens with one attached hydrogen (secondary N) is 2. The van der Waals surface area contributed by atoms with Gasteiger partial charge in [0.05, 0.1) is 16.7 Å². The van der Waals surface area contributed by atoms with E-state index in [9.17, 15) is 14.9 Å². The Bertz CT molecular complexity index is 770. The molecule has 0 saturated carbocycles. The van der Waals surface area contributed by atoms with Crippen LogP contribution in [0.25, 0.3) is 0 Å². The zero-order valence-corrected chi connectivity index (χ0v) is 14.7. The van der Waals surface area contributed by atoms with Gasteiger partial charge >= 0.3 is 0 Å². The molecule has 2 aromatic rings. The number of nitro groups is 1. The zero-order chi connectivity index (χ0) is 18.6. The maximum absolute atomic E-state index is 12.2. The summed E-state index contributed by atoms with van der Waals surface area (Å²) in [6, 6.07) is 9.70. The summed E-state index contributed by atoms with van der Waals surface area (Å²) in [4.78, 5) is 27.4. The van der Waals surface area contributed by atoms with Crippen molar-refractivity contribution in [3.8, 4) is 0 Å². The molecule has 1 aromatic carbocycles. The van der Waals surface area contributed by atoms with Crippen LogP contribution in [0.1, 0.15) is 49.8 Å². The molecule has 1 unspecified atom stereocenters. The summed E-state index contributed by atoms with van der Waals surface area (Å²) in [5.74, 6) is -0.347. The number of rotatable bonds is 5. The van der Waals surface area contributed by atoms with Gasteiger partial charge in [-0.2, -0.15) is 0 Å². The lowest BCUT2D eigenvalue weighted by Crippen LogP contribution is -2.40. The summed E-state index contributed by atoms with van der Waals surface area (Å²) in [6.45, 7) is 7.42. The topological polar surface area (TPSA) is 97.2 Å². The van der Waals surface area contributed by atoms with Crippen molar-refractivity contribution in [3.05, 3.63) is 64.0 Å². The molecular formula is C18H22N4O3. The Morgan fingerprint density at radius 2 is 1.96 bits per heavy atom. The number of carbonyl (C=O) groups is 1. The Morgan fingerprint density at radius 3 is 2.52 bits per heavy atom. The predicted octanol–water partition coefficient (Wildman–Crippen LogP) is 3.69. The minimum atomic E-state index is -0.499. The molecule has 0 aliphatic heterocycles. The number of hydrogen-bond donors (Lipinski definition) is 2. The molecule has 7 nitrogen and oxygen atoms in total. The van der Waals surface area contributed by atoms with Crippen LogP contribution in [-0.4, -0.2) is 21.4 Å². The smallest absolute Gasteiger partial charge is 0.293 e. The standard InChI is InChI=1S/C18H22N4O3/c1-12(14-7-5-6-10-19-14)20-15-9-8-13(11-16(15)22(24)25)17(23)21-18(2,3)4/h5-12,20H,1-4H3,(H,21,23). The highest BCUT2D eigenvalue weighted by Gasteiger charge is 2.21. The first kappa shape index (κ1) is 18.4. The molecule has 0 bridgehead atoms. The Morgan fingerprint density at radius 1 is 1.24 bits per heavy atom. The highest BCUT2D eigenvalue weighted by molar-refractivity contribution is 5.96. The Hall–Kier alpha value is -2.96. The van der Waals surface area contributed by atoms with E-state index in [2.05, 4.69) is 15.6 Å². The van der Waals surface area contributed by atoms with Gasteiger partial charge in [0.25, 0.3) is 11.6 Å². The van der Waals surface area contributed by atoms with Crippen LogP contribution in [0.2, 0.25) is 0 Å². The first-order valence-electron chi connectivity index (χ1n) is 7.96. The zero-order valence-electron chi connectivity index (χ0n) is 14.7. The summed E-state index contributed by atoms with van der Waals surface area (Å²) >= 11 is 0. The maximum Gasteiger partial charge on any atom is 0.293 e. The Labute approximate surface area is 146 Å². The molecule has 7 heteroatoms. The summed E-state index contributed by atoms with van der Waals surface area (Å²) in [5.41, 5.74) is 0.792. The van der Waals surface area contributed by atoms with Crippen LogP contribution in [-0.2, 0) is 0 Å². The Kier molecular flexibility index (Phi) is 5.36. The van der Waals surface area contributed by atoms with Gasteiger partial charge in [0, 0.05) is 23.4 Å². The van der Waals surface area contributed by atoms with E-state index >= 15 is 0 Å². The van der Waals surface area contributed by atoms with Gasteiger partial charge in [0.15, 0.2) is 0 Å². The molecule has 0 fully saturated rings. The number of amides is 1. The van der Waals surface area contributed by atoms with Crippen molar-refractivity contribution in [1.29, 1.82) is 0 Å². The number of carbonyl (C=O) groups excluding carboxylic acids is 1. The van der Waals surface area contributed by atoms with Gasteiger partial charge in [-0.3, -0.25) is 19.9 Å². The van der Waals surface area contributed by atoms with Crippen LogP contribution >= 0.6 is 0 Å². The number of nitrogens with zero attached hydrogens (tertiary/aromatic N) is 2. The van der Waals surface area contributed by atoms with Gasteiger partial charge in [-0.05, 0) is 52.0 Å². The third kappa shape index (κ3) is 5.00. The van der Waals surface area contributed by atoms with Crippen LogP contribution in [0.3, 0.4) is 0 Å². The molecule has 25 heavy (non-hydrogen) atoms. The lowest BCUT2D eigenvalue weighted by Gasteiger charge is -2.20. The van der Waals surface area contributed by atoms with Crippen LogP contribution in [0.4, 0.5) is 11.4 Å². The quantitative estimate of drug-likeness (QED) is 0.638. The molecule has 2 N–H and O–H groups in total. The fourth-order valence-electron chi connectivity index (χ4n) is 2.30. The monoisotopic (exact) mass is 342 g/mol. The molecule has 0 aliphatic rings. The summed E-state index contributed by atoms with van der Waals surface area (Å²) in [5, 5.41) is 17.3. The summed E-state index contributed by atoms with van der Waals surface area (Å²) in [6.07, 6.45) is 1.67. The molecule has 1 aromatic heterocycles. The van der Waals surface area contributed by atoms with Gasteiger partial charge in [-0.1, -0.05) is 6.07 Å². The second kappa shape index (κ2) is 7.29. The lowest BCUT2D eigenvalue weighted by molar-refractivity contribution is -0.384. The maximum atomic E-state index is 12.2.